The van der Waals surface area contributed by atoms with E-state index in [2.05, 4.69) is 5.32 Å². The minimum absolute atomic E-state index is 0.00984. The van der Waals surface area contributed by atoms with Crippen LogP contribution in [0.4, 0.5) is 5.69 Å². The van der Waals surface area contributed by atoms with Gasteiger partial charge in [-0.3, -0.25) is 4.79 Å². The van der Waals surface area contributed by atoms with Crippen molar-refractivity contribution in [2.24, 2.45) is 5.14 Å². The van der Waals surface area contributed by atoms with Crippen molar-refractivity contribution < 1.29 is 13.2 Å². The number of carbonyl (C=O) groups is 1. The van der Waals surface area contributed by atoms with Gasteiger partial charge in [0, 0.05) is 10.6 Å². The number of amides is 1. The molecule has 0 aliphatic rings. The van der Waals surface area contributed by atoms with Gasteiger partial charge in [-0.15, -0.1) is 11.8 Å². The molecule has 3 N–H and O–H groups in total. The Labute approximate surface area is 150 Å². The van der Waals surface area contributed by atoms with Crippen LogP contribution in [-0.4, -0.2) is 20.1 Å². The third kappa shape index (κ3) is 4.39. The minimum atomic E-state index is -3.73. The van der Waals surface area contributed by atoms with Crippen LogP contribution in [0.5, 0.6) is 0 Å². The van der Waals surface area contributed by atoms with Crippen LogP contribution in [0.3, 0.4) is 0 Å². The first-order chi connectivity index (χ1) is 11.9. The van der Waals surface area contributed by atoms with Crippen LogP contribution in [0.15, 0.2) is 76.5 Å². The highest BCUT2D eigenvalue weighted by atomic mass is 32.2. The van der Waals surface area contributed by atoms with Crippen LogP contribution < -0.4 is 10.5 Å². The molecule has 3 aromatic carbocycles. The maximum Gasteiger partial charge on any atom is 0.238 e. The van der Waals surface area contributed by atoms with Gasteiger partial charge in [-0.2, -0.15) is 0 Å². The number of fused-ring (bicyclic) bond motifs is 1. The van der Waals surface area contributed by atoms with E-state index >= 15 is 0 Å². The van der Waals surface area contributed by atoms with Crippen molar-refractivity contribution >= 4 is 44.2 Å². The van der Waals surface area contributed by atoms with Gasteiger partial charge in [-0.1, -0.05) is 36.4 Å². The molecular weight excluding hydrogens is 356 g/mol. The first-order valence-electron chi connectivity index (χ1n) is 7.47. The lowest BCUT2D eigenvalue weighted by atomic mass is 10.1. The molecular formula is C18H16N2O3S2. The van der Waals surface area contributed by atoms with Crippen molar-refractivity contribution in [2.75, 3.05) is 11.1 Å². The molecule has 0 heterocycles. The Kier molecular flexibility index (Phi) is 5.08. The van der Waals surface area contributed by atoms with Crippen molar-refractivity contribution in [1.82, 2.24) is 0 Å². The summed E-state index contributed by atoms with van der Waals surface area (Å²) in [5.74, 6) is 0.0894. The topological polar surface area (TPSA) is 89.3 Å². The standard InChI is InChI=1S/C18H16N2O3S2/c19-25(22,23)15-10-8-14(9-11-15)20-18(21)12-24-17-7-3-5-13-4-1-2-6-16(13)17/h1-11H,12H2,(H,20,21)(H2,19,22,23). The average Bonchev–Trinajstić information content (AvgIpc) is 2.59. The number of hydrogen-bond donors (Lipinski definition) is 2. The monoisotopic (exact) mass is 372 g/mol. The zero-order valence-electron chi connectivity index (χ0n) is 13.2. The van der Waals surface area contributed by atoms with Crippen molar-refractivity contribution in [3.63, 3.8) is 0 Å². The number of primary sulfonamides is 1. The van der Waals surface area contributed by atoms with E-state index < -0.39 is 10.0 Å². The van der Waals surface area contributed by atoms with Crippen LogP contribution in [0.2, 0.25) is 0 Å². The molecule has 0 saturated heterocycles. The van der Waals surface area contributed by atoms with Gasteiger partial charge in [-0.25, -0.2) is 13.6 Å². The lowest BCUT2D eigenvalue weighted by Gasteiger charge is -2.08. The highest BCUT2D eigenvalue weighted by Crippen LogP contribution is 2.27. The Balaban J connectivity index is 1.65. The second-order valence-corrected chi connectivity index (χ2v) is 7.96. The molecule has 1 amide bonds. The molecule has 0 fully saturated rings. The van der Waals surface area contributed by atoms with Gasteiger partial charge in [0.05, 0.1) is 10.6 Å². The predicted molar refractivity (Wildman–Crippen MR) is 101 cm³/mol. The lowest BCUT2D eigenvalue weighted by Crippen LogP contribution is -2.15. The number of sulfonamides is 1. The van der Waals surface area contributed by atoms with Crippen molar-refractivity contribution in [3.05, 3.63) is 66.7 Å². The Hall–Kier alpha value is -2.35. The molecule has 0 saturated carbocycles. The number of thioether (sulfide) groups is 1. The fourth-order valence-electron chi connectivity index (χ4n) is 2.39. The van der Waals surface area contributed by atoms with Crippen LogP contribution in [0, 0.1) is 0 Å². The van der Waals surface area contributed by atoms with E-state index in [4.69, 9.17) is 5.14 Å². The van der Waals surface area contributed by atoms with E-state index in [0.717, 1.165) is 15.7 Å². The maximum atomic E-state index is 12.1. The number of hydrogen-bond acceptors (Lipinski definition) is 4. The molecule has 0 atom stereocenters. The quantitative estimate of drug-likeness (QED) is 0.673. The maximum absolute atomic E-state index is 12.1. The molecule has 0 aromatic heterocycles. The van der Waals surface area contributed by atoms with Crippen LogP contribution >= 0.6 is 11.8 Å². The van der Waals surface area contributed by atoms with E-state index in [1.807, 2.05) is 42.5 Å². The first kappa shape index (κ1) is 17.5. The largest absolute Gasteiger partial charge is 0.325 e. The SMILES string of the molecule is NS(=O)(=O)c1ccc(NC(=O)CSc2cccc3ccccc23)cc1. The van der Waals surface area contributed by atoms with Gasteiger partial charge in [0.2, 0.25) is 15.9 Å². The van der Waals surface area contributed by atoms with Gasteiger partial charge < -0.3 is 5.32 Å². The number of carbonyl (C=O) groups excluding carboxylic acids is 1. The number of rotatable bonds is 5. The summed E-state index contributed by atoms with van der Waals surface area (Å²) in [4.78, 5) is 13.2. The first-order valence-corrected chi connectivity index (χ1v) is 10.00. The summed E-state index contributed by atoms with van der Waals surface area (Å²) < 4.78 is 22.4. The summed E-state index contributed by atoms with van der Waals surface area (Å²) in [7, 11) is -3.73. The molecule has 7 heteroatoms. The fourth-order valence-corrected chi connectivity index (χ4v) is 3.78. The van der Waals surface area contributed by atoms with Gasteiger partial charge in [0.25, 0.3) is 0 Å². The summed E-state index contributed by atoms with van der Waals surface area (Å²) in [6, 6.07) is 19.8. The molecule has 3 aromatic rings. The Bertz CT molecular complexity index is 1010. The number of benzene rings is 3. The summed E-state index contributed by atoms with van der Waals surface area (Å²) in [6.07, 6.45) is 0. The molecule has 0 radical (unpaired) electrons. The molecule has 25 heavy (non-hydrogen) atoms. The normalized spacial score (nSPS) is 11.4. The van der Waals surface area contributed by atoms with E-state index in [9.17, 15) is 13.2 Å². The van der Waals surface area contributed by atoms with Crippen LogP contribution in [0.1, 0.15) is 0 Å². The summed E-state index contributed by atoms with van der Waals surface area (Å²) >= 11 is 1.46. The average molecular weight is 372 g/mol. The molecule has 0 bridgehead atoms. The fraction of sp³-hybridized carbons (Fsp3) is 0.0556. The summed E-state index contributed by atoms with van der Waals surface area (Å²) in [6.45, 7) is 0. The summed E-state index contributed by atoms with van der Waals surface area (Å²) in [5.41, 5.74) is 0.524. The molecule has 0 aliphatic carbocycles. The van der Waals surface area contributed by atoms with E-state index in [1.54, 1.807) is 0 Å². The molecule has 0 spiro atoms. The highest BCUT2D eigenvalue weighted by molar-refractivity contribution is 8.00. The van der Waals surface area contributed by atoms with Crippen LogP contribution in [-0.2, 0) is 14.8 Å². The van der Waals surface area contributed by atoms with Gasteiger partial charge in [-0.05, 0) is 41.1 Å². The van der Waals surface area contributed by atoms with Crippen LogP contribution in [0.25, 0.3) is 10.8 Å². The Morgan fingerprint density at radius 3 is 2.36 bits per heavy atom. The molecule has 0 unspecified atom stereocenters. The third-order valence-corrected chi connectivity index (χ3v) is 5.58. The highest BCUT2D eigenvalue weighted by Gasteiger charge is 2.09. The van der Waals surface area contributed by atoms with Gasteiger partial charge >= 0.3 is 0 Å². The number of anilines is 1. The Morgan fingerprint density at radius 1 is 0.960 bits per heavy atom. The number of nitrogens with two attached hydrogens (primary N) is 1. The van der Waals surface area contributed by atoms with E-state index in [-0.39, 0.29) is 16.6 Å². The molecule has 5 nitrogen and oxygen atoms in total. The molecule has 0 aliphatic heterocycles. The van der Waals surface area contributed by atoms with Crippen molar-refractivity contribution in [2.45, 2.75) is 9.79 Å². The van der Waals surface area contributed by atoms with Gasteiger partial charge in [0.1, 0.15) is 0 Å². The Morgan fingerprint density at radius 2 is 1.64 bits per heavy atom. The smallest absolute Gasteiger partial charge is 0.238 e. The third-order valence-electron chi connectivity index (χ3n) is 3.58. The second-order valence-electron chi connectivity index (χ2n) is 5.38. The summed E-state index contributed by atoms with van der Waals surface area (Å²) in [5, 5.41) is 10.0. The minimum Gasteiger partial charge on any atom is -0.325 e. The zero-order valence-corrected chi connectivity index (χ0v) is 14.8. The van der Waals surface area contributed by atoms with E-state index in [0.29, 0.717) is 5.69 Å². The predicted octanol–water partition coefficient (Wildman–Crippen LogP) is 3.22. The van der Waals surface area contributed by atoms with Crippen molar-refractivity contribution in [1.29, 1.82) is 0 Å². The second kappa shape index (κ2) is 7.26. The lowest BCUT2D eigenvalue weighted by molar-refractivity contribution is -0.113. The molecule has 3 rings (SSSR count). The van der Waals surface area contributed by atoms with Crippen molar-refractivity contribution in [3.8, 4) is 0 Å². The molecule has 128 valence electrons. The van der Waals surface area contributed by atoms with Gasteiger partial charge in [0.15, 0.2) is 0 Å². The van der Waals surface area contributed by atoms with E-state index in [1.165, 1.54) is 36.0 Å². The zero-order chi connectivity index (χ0) is 17.9. The number of nitrogens with one attached hydrogen (secondary N) is 1.